The van der Waals surface area contributed by atoms with Gasteiger partial charge in [0, 0.05) is 0 Å². The van der Waals surface area contributed by atoms with E-state index in [1.807, 2.05) is 0 Å². The smallest absolute Gasteiger partial charge is 0.471 e. The summed E-state index contributed by atoms with van der Waals surface area (Å²) in [4.78, 5) is 21.5. The molecule has 1 rings (SSSR count). The minimum atomic E-state index is -5.16. The highest BCUT2D eigenvalue weighted by Crippen LogP contribution is 2.21. The number of aliphatic hydroxyl groups excluding tert-OH is 1. The van der Waals surface area contributed by atoms with Crippen molar-refractivity contribution >= 4 is 11.9 Å². The molecular weight excluding hydrogens is 267 g/mol. The van der Waals surface area contributed by atoms with Crippen molar-refractivity contribution in [2.24, 2.45) is 0 Å². The highest BCUT2D eigenvalue weighted by molar-refractivity contribution is 5.83. The Balaban J connectivity index is 3.01. The molecule has 0 saturated carbocycles. The number of carbonyl (C=O) groups is 2. The Labute approximate surface area is 105 Å². The van der Waals surface area contributed by atoms with E-state index in [-0.39, 0.29) is 5.56 Å². The first kappa shape index (κ1) is 15.0. The number of carboxylic acids is 1. The van der Waals surface area contributed by atoms with Crippen LogP contribution >= 0.6 is 0 Å². The van der Waals surface area contributed by atoms with E-state index >= 15 is 0 Å². The first-order valence-electron chi connectivity index (χ1n) is 5.07. The van der Waals surface area contributed by atoms with Gasteiger partial charge in [-0.25, -0.2) is 4.79 Å². The van der Waals surface area contributed by atoms with E-state index in [2.05, 4.69) is 0 Å². The fraction of sp³-hybridized carbons (Fsp3) is 0.273. The van der Waals surface area contributed by atoms with Crippen LogP contribution in [0.1, 0.15) is 11.6 Å². The zero-order chi connectivity index (χ0) is 14.6. The normalized spacial score (nSPS) is 14.5. The van der Waals surface area contributed by atoms with E-state index in [0.29, 0.717) is 0 Å². The van der Waals surface area contributed by atoms with Crippen LogP contribution in [0.15, 0.2) is 30.3 Å². The van der Waals surface area contributed by atoms with Crippen molar-refractivity contribution in [3.05, 3.63) is 35.9 Å². The second kappa shape index (κ2) is 5.70. The fourth-order valence-electron chi connectivity index (χ4n) is 1.37. The molecular formula is C11H10F3NO4. The fourth-order valence-corrected chi connectivity index (χ4v) is 1.37. The Morgan fingerprint density at radius 2 is 1.68 bits per heavy atom. The average molecular weight is 277 g/mol. The highest BCUT2D eigenvalue weighted by atomic mass is 19.4. The van der Waals surface area contributed by atoms with Gasteiger partial charge >= 0.3 is 18.1 Å². The number of rotatable bonds is 4. The highest BCUT2D eigenvalue weighted by Gasteiger charge is 2.42. The van der Waals surface area contributed by atoms with Gasteiger partial charge in [-0.05, 0) is 5.56 Å². The van der Waals surface area contributed by atoms with Crippen molar-refractivity contribution < 1.29 is 33.0 Å². The Morgan fingerprint density at radius 1 is 1.16 bits per heavy atom. The molecule has 0 saturated heterocycles. The number of halogens is 3. The summed E-state index contributed by atoms with van der Waals surface area (Å²) in [5.74, 6) is -4.06. The average Bonchev–Trinajstić information content (AvgIpc) is 2.34. The number of hydrogen-bond acceptors (Lipinski definition) is 3. The first-order valence-corrected chi connectivity index (χ1v) is 5.07. The summed E-state index contributed by atoms with van der Waals surface area (Å²) in [7, 11) is 0. The van der Waals surface area contributed by atoms with Gasteiger partial charge in [0.1, 0.15) is 0 Å². The number of carbonyl (C=O) groups excluding carboxylic acids is 1. The molecule has 0 aliphatic heterocycles. The van der Waals surface area contributed by atoms with Gasteiger partial charge in [-0.2, -0.15) is 13.2 Å². The third-order valence-corrected chi connectivity index (χ3v) is 2.27. The van der Waals surface area contributed by atoms with E-state index in [9.17, 15) is 27.9 Å². The molecule has 0 bridgehead atoms. The molecule has 3 N–H and O–H groups in total. The largest absolute Gasteiger partial charge is 0.479 e. The van der Waals surface area contributed by atoms with Gasteiger partial charge in [0.05, 0.1) is 6.04 Å². The lowest BCUT2D eigenvalue weighted by Crippen LogP contribution is -2.45. The van der Waals surface area contributed by atoms with Crippen molar-refractivity contribution in [2.45, 2.75) is 18.3 Å². The van der Waals surface area contributed by atoms with Crippen LogP contribution in [0.3, 0.4) is 0 Å². The van der Waals surface area contributed by atoms with Gasteiger partial charge in [-0.15, -0.1) is 0 Å². The lowest BCUT2D eigenvalue weighted by atomic mass is 10.0. The van der Waals surface area contributed by atoms with Crippen molar-refractivity contribution in [3.8, 4) is 0 Å². The maximum atomic E-state index is 12.1. The predicted molar refractivity (Wildman–Crippen MR) is 57.0 cm³/mol. The van der Waals surface area contributed by atoms with Crippen LogP contribution in [0.25, 0.3) is 0 Å². The topological polar surface area (TPSA) is 86.6 Å². The summed E-state index contributed by atoms with van der Waals surface area (Å²) in [5.41, 5.74) is 0.0509. The standard InChI is InChI=1S/C11H10F3NO4/c12-11(13,14)10(19)15-7(8(16)9(17)18)6-4-2-1-3-5-6/h1-5,7-8,16H,(H,15,19)(H,17,18)/t7-,8+/m0/s1. The van der Waals surface area contributed by atoms with Crippen LogP contribution in [0, 0.1) is 0 Å². The van der Waals surface area contributed by atoms with Crippen LogP contribution in [0.2, 0.25) is 0 Å². The third kappa shape index (κ3) is 3.95. The van der Waals surface area contributed by atoms with Gasteiger partial charge in [-0.1, -0.05) is 30.3 Å². The molecule has 104 valence electrons. The summed E-state index contributed by atoms with van der Waals surface area (Å²) in [6, 6.07) is 5.35. The van der Waals surface area contributed by atoms with E-state index in [0.717, 1.165) is 0 Å². The second-order valence-corrected chi connectivity index (χ2v) is 3.64. The predicted octanol–water partition coefficient (Wildman–Crippen LogP) is 0.852. The molecule has 0 unspecified atom stereocenters. The summed E-state index contributed by atoms with van der Waals surface area (Å²) in [5, 5.41) is 19.5. The number of alkyl halides is 3. The van der Waals surface area contributed by atoms with Crippen molar-refractivity contribution in [3.63, 3.8) is 0 Å². The number of amides is 1. The molecule has 0 aliphatic rings. The van der Waals surface area contributed by atoms with Crippen LogP contribution in [-0.2, 0) is 9.59 Å². The Kier molecular flexibility index (Phi) is 4.49. The molecule has 8 heteroatoms. The molecule has 0 spiro atoms. The minimum absolute atomic E-state index is 0.0509. The number of benzene rings is 1. The lowest BCUT2D eigenvalue weighted by molar-refractivity contribution is -0.176. The molecule has 1 aromatic carbocycles. The maximum absolute atomic E-state index is 12.1. The van der Waals surface area contributed by atoms with Crippen molar-refractivity contribution in [2.75, 3.05) is 0 Å². The molecule has 5 nitrogen and oxygen atoms in total. The van der Waals surface area contributed by atoms with Crippen LogP contribution in [-0.4, -0.2) is 34.4 Å². The summed E-state index contributed by atoms with van der Waals surface area (Å²) in [6.45, 7) is 0. The maximum Gasteiger partial charge on any atom is 0.471 e. The SMILES string of the molecule is O=C(O)[C@H](O)[C@@H](NC(=O)C(F)(F)F)c1ccccc1. The van der Waals surface area contributed by atoms with Gasteiger partial charge < -0.3 is 15.5 Å². The van der Waals surface area contributed by atoms with Gasteiger partial charge in [0.2, 0.25) is 0 Å². The molecule has 2 atom stereocenters. The Hall–Kier alpha value is -2.09. The van der Waals surface area contributed by atoms with Gasteiger partial charge in [0.15, 0.2) is 6.10 Å². The van der Waals surface area contributed by atoms with Crippen LogP contribution in [0.4, 0.5) is 13.2 Å². The zero-order valence-corrected chi connectivity index (χ0v) is 9.39. The molecule has 0 fully saturated rings. The van der Waals surface area contributed by atoms with Crippen molar-refractivity contribution in [1.29, 1.82) is 0 Å². The van der Waals surface area contributed by atoms with E-state index < -0.39 is 30.2 Å². The molecule has 0 radical (unpaired) electrons. The van der Waals surface area contributed by atoms with E-state index in [1.165, 1.54) is 29.6 Å². The molecule has 1 amide bonds. The van der Waals surface area contributed by atoms with E-state index in [1.54, 1.807) is 6.07 Å². The Morgan fingerprint density at radius 3 is 2.11 bits per heavy atom. The first-order chi connectivity index (χ1) is 8.73. The number of hydrogen-bond donors (Lipinski definition) is 3. The molecule has 19 heavy (non-hydrogen) atoms. The van der Waals surface area contributed by atoms with Crippen molar-refractivity contribution in [1.82, 2.24) is 5.32 Å². The zero-order valence-electron chi connectivity index (χ0n) is 9.39. The number of aliphatic hydroxyl groups is 1. The molecule has 0 aromatic heterocycles. The quantitative estimate of drug-likeness (QED) is 0.761. The van der Waals surface area contributed by atoms with Crippen LogP contribution in [0.5, 0.6) is 0 Å². The summed E-state index contributed by atoms with van der Waals surface area (Å²) >= 11 is 0. The number of aliphatic carboxylic acids is 1. The number of nitrogens with one attached hydrogen (secondary N) is 1. The molecule has 0 heterocycles. The van der Waals surface area contributed by atoms with Crippen LogP contribution < -0.4 is 5.32 Å². The molecule has 0 aliphatic carbocycles. The summed E-state index contributed by atoms with van der Waals surface area (Å²) in [6.07, 6.45) is -7.35. The van der Waals surface area contributed by atoms with Gasteiger partial charge in [-0.3, -0.25) is 4.79 Å². The monoisotopic (exact) mass is 277 g/mol. The van der Waals surface area contributed by atoms with Gasteiger partial charge in [0.25, 0.3) is 0 Å². The van der Waals surface area contributed by atoms with E-state index in [4.69, 9.17) is 5.11 Å². The molecule has 1 aromatic rings. The second-order valence-electron chi connectivity index (χ2n) is 3.64. The summed E-state index contributed by atoms with van der Waals surface area (Å²) < 4.78 is 36.4. The number of carboxylic acid groups (broad SMARTS) is 1. The third-order valence-electron chi connectivity index (χ3n) is 2.27. The minimum Gasteiger partial charge on any atom is -0.479 e. The lowest BCUT2D eigenvalue weighted by Gasteiger charge is -2.22. The Bertz CT molecular complexity index is 461.